The molecule has 200 valence electrons. The van der Waals surface area contributed by atoms with Crippen molar-refractivity contribution in [3.05, 3.63) is 33.1 Å². The molecule has 10 unspecified atom stereocenters. The first-order chi connectivity index (χ1) is 16.2. The largest absolute Gasteiger partial charge is 0.483 e. The molecule has 0 aromatic carbocycles. The fourth-order valence-electron chi connectivity index (χ4n) is 3.35. The van der Waals surface area contributed by atoms with Crippen LogP contribution in [0.4, 0.5) is 0 Å². The number of aromatic amines is 1. The molecule has 20 heteroatoms. The summed E-state index contributed by atoms with van der Waals surface area (Å²) in [6.07, 6.45) is -12.2. The van der Waals surface area contributed by atoms with E-state index in [1.54, 1.807) is 0 Å². The van der Waals surface area contributed by atoms with Crippen LogP contribution in [0.3, 0.4) is 0 Å². The minimum absolute atomic E-state index is 0.548. The summed E-state index contributed by atoms with van der Waals surface area (Å²) >= 11 is 0. The van der Waals surface area contributed by atoms with Crippen molar-refractivity contribution in [3.8, 4) is 0 Å². The zero-order valence-electron chi connectivity index (χ0n) is 17.5. The summed E-state index contributed by atoms with van der Waals surface area (Å²) in [7, 11) is -10.8. The lowest BCUT2D eigenvalue weighted by molar-refractivity contribution is -0.233. The van der Waals surface area contributed by atoms with E-state index in [4.69, 9.17) is 14.6 Å². The smallest absolute Gasteiger partial charge is 0.394 e. The number of aliphatic hydroxyl groups is 5. The van der Waals surface area contributed by atoms with Crippen molar-refractivity contribution < 1.29 is 67.3 Å². The highest BCUT2D eigenvalue weighted by molar-refractivity contribution is 7.61. The third-order valence-corrected chi connectivity index (χ3v) is 7.67. The highest BCUT2D eigenvalue weighted by Crippen LogP contribution is 2.61. The topological polar surface area (TPSA) is 277 Å². The fraction of sp³-hybridized carbons (Fsp3) is 0.733. The van der Waals surface area contributed by atoms with Crippen LogP contribution in [0.1, 0.15) is 12.6 Å². The Balaban J connectivity index is 1.59. The van der Waals surface area contributed by atoms with Crippen LogP contribution in [0, 0.1) is 0 Å². The second-order valence-electron chi connectivity index (χ2n) is 7.56. The van der Waals surface area contributed by atoms with E-state index in [1.165, 1.54) is 0 Å². The normalized spacial score (nSPS) is 37.0. The second kappa shape index (κ2) is 11.0. The van der Waals surface area contributed by atoms with Gasteiger partial charge in [0.15, 0.2) is 12.5 Å². The van der Waals surface area contributed by atoms with E-state index in [9.17, 15) is 48.9 Å². The van der Waals surface area contributed by atoms with Gasteiger partial charge in [-0.05, 0) is 0 Å². The van der Waals surface area contributed by atoms with Crippen molar-refractivity contribution in [2.45, 2.75) is 55.6 Å². The summed E-state index contributed by atoms with van der Waals surface area (Å²) in [4.78, 5) is 44.5. The van der Waals surface area contributed by atoms with Crippen molar-refractivity contribution in [3.63, 3.8) is 0 Å². The van der Waals surface area contributed by atoms with Gasteiger partial charge in [0.05, 0.1) is 19.3 Å². The molecule has 3 rings (SSSR count). The number of aromatic nitrogens is 2. The molecule has 2 saturated heterocycles. The summed E-state index contributed by atoms with van der Waals surface area (Å²) < 4.78 is 48.4. The predicted octanol–water partition coefficient (Wildman–Crippen LogP) is -3.76. The molecule has 0 bridgehead atoms. The SMILES string of the molecule is O=c1ccn(C2OC(COP(=O)(O)OP(=O)(O)OC3CC(O)C(O)C(CO)O3)C(O)C2O)c(=O)[nH]1. The number of hydrogen-bond donors (Lipinski definition) is 8. The second-order valence-corrected chi connectivity index (χ2v) is 10.6. The minimum atomic E-state index is -5.40. The Hall–Kier alpha value is -1.34. The van der Waals surface area contributed by atoms with E-state index in [1.807, 2.05) is 4.98 Å². The number of hydrogen-bond acceptors (Lipinski definition) is 14. The zero-order chi connectivity index (χ0) is 26.1. The standard InChI is InChI=1S/C15H24N2O16P2/c18-4-7-11(21)6(19)3-10(30-7)32-35(27,28)33-34(25,26)29-5-8-12(22)13(23)14(31-8)17-2-1-9(20)16-15(17)24/h1-2,6-8,10-14,18-19,21-23H,3-5H2,(H,25,26)(H,27,28)(H,16,20,24). The number of aliphatic hydroxyl groups excluding tert-OH is 5. The molecule has 2 fully saturated rings. The van der Waals surface area contributed by atoms with Crippen LogP contribution in [0.2, 0.25) is 0 Å². The Morgan fingerprint density at radius 3 is 2.34 bits per heavy atom. The fourth-order valence-corrected chi connectivity index (χ4v) is 5.50. The molecule has 8 N–H and O–H groups in total. The number of phosphoric acid groups is 2. The lowest BCUT2D eigenvalue weighted by Crippen LogP contribution is -2.50. The molecule has 0 aliphatic carbocycles. The molecule has 1 aromatic rings. The molecule has 2 aliphatic rings. The van der Waals surface area contributed by atoms with Crippen LogP contribution in [0.25, 0.3) is 0 Å². The van der Waals surface area contributed by atoms with Crippen LogP contribution in [0.15, 0.2) is 21.9 Å². The van der Waals surface area contributed by atoms with Gasteiger partial charge in [-0.15, -0.1) is 0 Å². The van der Waals surface area contributed by atoms with E-state index < -0.39 is 95.7 Å². The maximum absolute atomic E-state index is 12.1. The summed E-state index contributed by atoms with van der Waals surface area (Å²) in [5.41, 5.74) is -1.71. The van der Waals surface area contributed by atoms with Gasteiger partial charge >= 0.3 is 21.3 Å². The summed E-state index contributed by atoms with van der Waals surface area (Å²) in [6.45, 7) is -1.75. The minimum Gasteiger partial charge on any atom is -0.394 e. The average Bonchev–Trinajstić information content (AvgIpc) is 3.02. The van der Waals surface area contributed by atoms with Gasteiger partial charge in [-0.1, -0.05) is 0 Å². The van der Waals surface area contributed by atoms with Crippen LogP contribution in [-0.4, -0.2) is 101 Å². The quantitative estimate of drug-likeness (QED) is 0.137. The molecular weight excluding hydrogens is 526 g/mol. The molecule has 3 heterocycles. The first kappa shape index (κ1) is 28.2. The van der Waals surface area contributed by atoms with E-state index in [2.05, 4.69) is 13.4 Å². The molecule has 2 aliphatic heterocycles. The third-order valence-electron chi connectivity index (χ3n) is 5.04. The lowest BCUT2D eigenvalue weighted by atomic mass is 10.0. The van der Waals surface area contributed by atoms with Crippen LogP contribution >= 0.6 is 15.6 Å². The summed E-state index contributed by atoms with van der Waals surface area (Å²) in [5, 5.41) is 48.7. The first-order valence-corrected chi connectivity index (χ1v) is 12.9. The third kappa shape index (κ3) is 6.91. The molecule has 0 saturated carbocycles. The van der Waals surface area contributed by atoms with Crippen molar-refractivity contribution in [1.82, 2.24) is 9.55 Å². The van der Waals surface area contributed by atoms with Crippen LogP contribution in [0.5, 0.6) is 0 Å². The lowest BCUT2D eigenvalue weighted by Gasteiger charge is -2.36. The van der Waals surface area contributed by atoms with Gasteiger partial charge in [-0.25, -0.2) is 13.9 Å². The Bertz CT molecular complexity index is 1090. The number of phosphoric ester groups is 2. The molecule has 0 radical (unpaired) electrons. The van der Waals surface area contributed by atoms with Gasteiger partial charge in [0.2, 0.25) is 0 Å². The number of nitrogens with one attached hydrogen (secondary N) is 1. The molecule has 0 amide bonds. The van der Waals surface area contributed by atoms with Crippen LogP contribution in [-0.2, 0) is 32.0 Å². The van der Waals surface area contributed by atoms with Gasteiger partial charge in [0, 0.05) is 18.7 Å². The molecule has 1 aromatic heterocycles. The van der Waals surface area contributed by atoms with E-state index in [0.717, 1.165) is 16.8 Å². The van der Waals surface area contributed by atoms with E-state index in [-0.39, 0.29) is 0 Å². The molecular formula is C15H24N2O16P2. The number of ether oxygens (including phenoxy) is 2. The predicted molar refractivity (Wildman–Crippen MR) is 107 cm³/mol. The van der Waals surface area contributed by atoms with Crippen molar-refractivity contribution in [2.75, 3.05) is 13.2 Å². The molecule has 0 spiro atoms. The number of rotatable bonds is 9. The Labute approximate surface area is 195 Å². The molecule has 18 nitrogen and oxygen atoms in total. The van der Waals surface area contributed by atoms with Gasteiger partial charge in [-0.2, -0.15) is 4.31 Å². The molecule has 10 atom stereocenters. The number of nitrogens with zero attached hydrogens (tertiary/aromatic N) is 1. The van der Waals surface area contributed by atoms with Crippen LogP contribution < -0.4 is 11.2 Å². The molecule has 35 heavy (non-hydrogen) atoms. The van der Waals surface area contributed by atoms with Crippen molar-refractivity contribution >= 4 is 15.6 Å². The zero-order valence-corrected chi connectivity index (χ0v) is 19.3. The summed E-state index contributed by atoms with van der Waals surface area (Å²) in [5.74, 6) is 0. The first-order valence-electron chi connectivity index (χ1n) is 9.88. The maximum Gasteiger partial charge on any atom is 0.483 e. The van der Waals surface area contributed by atoms with E-state index in [0.29, 0.717) is 0 Å². The van der Waals surface area contributed by atoms with Crippen molar-refractivity contribution in [2.24, 2.45) is 0 Å². The number of H-pyrrole nitrogens is 1. The Kier molecular flexibility index (Phi) is 8.84. The van der Waals surface area contributed by atoms with Gasteiger partial charge < -0.3 is 44.8 Å². The summed E-state index contributed by atoms with van der Waals surface area (Å²) in [6, 6.07) is 0.945. The van der Waals surface area contributed by atoms with E-state index >= 15 is 0 Å². The van der Waals surface area contributed by atoms with Gasteiger partial charge in [-0.3, -0.25) is 23.4 Å². The average molecular weight is 550 g/mol. The highest BCUT2D eigenvalue weighted by atomic mass is 31.3. The monoisotopic (exact) mass is 550 g/mol. The Morgan fingerprint density at radius 2 is 1.71 bits per heavy atom. The van der Waals surface area contributed by atoms with Gasteiger partial charge in [0.25, 0.3) is 5.56 Å². The maximum atomic E-state index is 12.1. The van der Waals surface area contributed by atoms with Gasteiger partial charge in [0.1, 0.15) is 30.5 Å². The highest BCUT2D eigenvalue weighted by Gasteiger charge is 2.47. The Morgan fingerprint density at radius 1 is 1.03 bits per heavy atom. The van der Waals surface area contributed by atoms with Crippen molar-refractivity contribution in [1.29, 1.82) is 0 Å².